The largest absolute Gasteiger partial charge is 0.421 e. The van der Waals surface area contributed by atoms with Gasteiger partial charge in [0, 0.05) is 22.5 Å². The van der Waals surface area contributed by atoms with Crippen LogP contribution >= 0.6 is 23.4 Å². The molecule has 3 saturated heterocycles. The topological polar surface area (TPSA) is 58.4 Å². The minimum atomic E-state index is 0.00450. The van der Waals surface area contributed by atoms with E-state index in [1.54, 1.807) is 6.20 Å². The van der Waals surface area contributed by atoms with Crippen LogP contribution in [0, 0.1) is 5.92 Å². The van der Waals surface area contributed by atoms with Gasteiger partial charge in [-0.3, -0.25) is 9.69 Å². The molecule has 3 fully saturated rings. The quantitative estimate of drug-likeness (QED) is 0.880. The molecular formula is C18H20ClN3O2S. The van der Waals surface area contributed by atoms with Gasteiger partial charge in [-0.15, -0.1) is 0 Å². The molecule has 1 aromatic carbocycles. The summed E-state index contributed by atoms with van der Waals surface area (Å²) in [5.41, 5.74) is 0.684. The Morgan fingerprint density at radius 2 is 2.04 bits per heavy atom. The van der Waals surface area contributed by atoms with Crippen molar-refractivity contribution in [2.24, 2.45) is 5.92 Å². The second-order valence-electron chi connectivity index (χ2n) is 6.67. The van der Waals surface area contributed by atoms with Gasteiger partial charge in [0.2, 0.25) is 0 Å². The number of nitrogens with zero attached hydrogens (tertiary/aromatic N) is 2. The lowest BCUT2D eigenvalue weighted by Gasteiger charge is -2.49. The monoisotopic (exact) mass is 377 g/mol. The number of hydrogen-bond acceptors (Lipinski definition) is 5. The average Bonchev–Trinajstić information content (AvgIpc) is 3.04. The van der Waals surface area contributed by atoms with Crippen molar-refractivity contribution in [1.29, 1.82) is 0 Å². The molecule has 25 heavy (non-hydrogen) atoms. The van der Waals surface area contributed by atoms with Crippen LogP contribution in [-0.2, 0) is 0 Å². The van der Waals surface area contributed by atoms with Crippen LogP contribution in [0.15, 0.2) is 44.9 Å². The van der Waals surface area contributed by atoms with Gasteiger partial charge in [-0.2, -0.15) is 0 Å². The zero-order valence-corrected chi connectivity index (χ0v) is 15.5. The van der Waals surface area contributed by atoms with Gasteiger partial charge in [0.1, 0.15) is 0 Å². The van der Waals surface area contributed by atoms with Gasteiger partial charge in [-0.05, 0) is 74.6 Å². The molecule has 2 atom stereocenters. The molecule has 0 radical (unpaired) electrons. The number of carbonyl (C=O) groups is 1. The Balaban J connectivity index is 1.40. The summed E-state index contributed by atoms with van der Waals surface area (Å²) in [6, 6.07) is 8.19. The van der Waals surface area contributed by atoms with Crippen molar-refractivity contribution in [3.05, 3.63) is 41.4 Å². The standard InChI is InChI=1S/C18H20ClN3O2S/c1-11-16(12-6-8-22(11)9-7-12)21-17(23)13-2-4-14(5-3-13)25-15-10-20-18(19)24-15/h2-5,10-12,16H,6-9H2,1H3,(H,21,23)/t11-,16-/m0/s1. The van der Waals surface area contributed by atoms with Crippen molar-refractivity contribution in [2.45, 2.75) is 41.8 Å². The Morgan fingerprint density at radius 3 is 2.64 bits per heavy atom. The second kappa shape index (κ2) is 7.02. The SMILES string of the molecule is C[C@H]1[C@H](NC(=O)c2ccc(Sc3cnc(Cl)o3)cc2)C2CCN1CC2. The highest BCUT2D eigenvalue weighted by atomic mass is 35.5. The maximum Gasteiger partial charge on any atom is 0.293 e. The van der Waals surface area contributed by atoms with Crippen molar-refractivity contribution in [3.8, 4) is 0 Å². The predicted molar refractivity (Wildman–Crippen MR) is 97.1 cm³/mol. The normalized spacial score (nSPS) is 28.1. The number of piperidine rings is 3. The van der Waals surface area contributed by atoms with Gasteiger partial charge < -0.3 is 9.73 Å². The summed E-state index contributed by atoms with van der Waals surface area (Å²) in [7, 11) is 0. The lowest BCUT2D eigenvalue weighted by Crippen LogP contribution is -2.62. The van der Waals surface area contributed by atoms with Crippen LogP contribution in [0.4, 0.5) is 0 Å². The summed E-state index contributed by atoms with van der Waals surface area (Å²) in [4.78, 5) is 19.9. The van der Waals surface area contributed by atoms with E-state index in [9.17, 15) is 4.79 Å². The molecule has 0 saturated carbocycles. The first-order valence-corrected chi connectivity index (χ1v) is 9.74. The summed E-state index contributed by atoms with van der Waals surface area (Å²) < 4.78 is 5.24. The molecule has 132 valence electrons. The Labute approximate surface area is 156 Å². The van der Waals surface area contributed by atoms with Crippen molar-refractivity contribution < 1.29 is 9.21 Å². The number of amides is 1. The van der Waals surface area contributed by atoms with E-state index < -0.39 is 0 Å². The Kier molecular flexibility index (Phi) is 4.75. The predicted octanol–water partition coefficient (Wildman–Crippen LogP) is 3.69. The molecule has 2 aromatic rings. The highest BCUT2D eigenvalue weighted by Crippen LogP contribution is 2.32. The van der Waals surface area contributed by atoms with Crippen LogP contribution in [0.1, 0.15) is 30.1 Å². The van der Waals surface area contributed by atoms with Crippen molar-refractivity contribution >= 4 is 29.3 Å². The fourth-order valence-corrected chi connectivity index (χ4v) is 4.76. The lowest BCUT2D eigenvalue weighted by molar-refractivity contribution is 0.0217. The minimum Gasteiger partial charge on any atom is -0.421 e. The summed E-state index contributed by atoms with van der Waals surface area (Å²) in [6.45, 7) is 4.55. The van der Waals surface area contributed by atoms with Gasteiger partial charge in [0.25, 0.3) is 11.3 Å². The third-order valence-electron chi connectivity index (χ3n) is 5.27. The maximum absolute atomic E-state index is 12.6. The number of carbonyl (C=O) groups excluding carboxylic acids is 1. The van der Waals surface area contributed by atoms with Crippen LogP contribution in [0.25, 0.3) is 0 Å². The summed E-state index contributed by atoms with van der Waals surface area (Å²) in [5.74, 6) is 0.611. The lowest BCUT2D eigenvalue weighted by atomic mass is 9.79. The first-order valence-electron chi connectivity index (χ1n) is 8.54. The fraction of sp³-hybridized carbons (Fsp3) is 0.444. The van der Waals surface area contributed by atoms with Crippen molar-refractivity contribution in [1.82, 2.24) is 15.2 Å². The van der Waals surface area contributed by atoms with E-state index in [1.807, 2.05) is 24.3 Å². The molecule has 2 bridgehead atoms. The number of fused-ring (bicyclic) bond motifs is 3. The molecule has 1 aromatic heterocycles. The molecule has 1 amide bonds. The molecule has 1 N–H and O–H groups in total. The van der Waals surface area contributed by atoms with E-state index in [4.69, 9.17) is 16.0 Å². The molecule has 0 unspecified atom stereocenters. The molecule has 3 aliphatic rings. The molecule has 7 heteroatoms. The first kappa shape index (κ1) is 16.9. The number of oxazole rings is 1. The summed E-state index contributed by atoms with van der Waals surface area (Å²) in [5, 5.41) is 4.01. The smallest absolute Gasteiger partial charge is 0.293 e. The van der Waals surface area contributed by atoms with Crippen LogP contribution < -0.4 is 5.32 Å². The van der Waals surface area contributed by atoms with E-state index in [0.717, 1.165) is 18.0 Å². The summed E-state index contributed by atoms with van der Waals surface area (Å²) in [6.07, 6.45) is 3.96. The van der Waals surface area contributed by atoms with E-state index in [0.29, 0.717) is 22.6 Å². The molecule has 0 spiro atoms. The van der Waals surface area contributed by atoms with Crippen molar-refractivity contribution in [2.75, 3.05) is 13.1 Å². The van der Waals surface area contributed by atoms with E-state index >= 15 is 0 Å². The number of aromatic nitrogens is 1. The molecule has 5 rings (SSSR count). The highest BCUT2D eigenvalue weighted by molar-refractivity contribution is 7.99. The van der Waals surface area contributed by atoms with Crippen molar-refractivity contribution in [3.63, 3.8) is 0 Å². The van der Waals surface area contributed by atoms with E-state index in [-0.39, 0.29) is 17.3 Å². The Morgan fingerprint density at radius 1 is 1.32 bits per heavy atom. The van der Waals surface area contributed by atoms with Gasteiger partial charge in [-0.25, -0.2) is 4.98 Å². The average molecular weight is 378 g/mol. The third-order valence-corrected chi connectivity index (χ3v) is 6.34. The highest BCUT2D eigenvalue weighted by Gasteiger charge is 2.40. The van der Waals surface area contributed by atoms with Crippen LogP contribution in [-0.4, -0.2) is 41.0 Å². The number of hydrogen-bond donors (Lipinski definition) is 1. The minimum absolute atomic E-state index is 0.00450. The van der Waals surface area contributed by atoms with Crippen LogP contribution in [0.2, 0.25) is 5.35 Å². The fourth-order valence-electron chi connectivity index (χ4n) is 3.86. The molecule has 5 nitrogen and oxygen atoms in total. The van der Waals surface area contributed by atoms with Crippen LogP contribution in [0.5, 0.6) is 0 Å². The zero-order chi connectivity index (χ0) is 17.4. The number of nitrogens with one attached hydrogen (secondary N) is 1. The van der Waals surface area contributed by atoms with E-state index in [2.05, 4.69) is 22.1 Å². The summed E-state index contributed by atoms with van der Waals surface area (Å²) >= 11 is 7.10. The first-order chi connectivity index (χ1) is 12.1. The second-order valence-corrected chi connectivity index (χ2v) is 8.07. The molecule has 4 heterocycles. The zero-order valence-electron chi connectivity index (χ0n) is 13.9. The number of rotatable bonds is 4. The van der Waals surface area contributed by atoms with Gasteiger partial charge in [0.15, 0.2) is 5.09 Å². The number of benzene rings is 1. The molecule has 3 aliphatic heterocycles. The molecular weight excluding hydrogens is 358 g/mol. The number of halogens is 1. The third kappa shape index (κ3) is 3.57. The van der Waals surface area contributed by atoms with Gasteiger partial charge >= 0.3 is 0 Å². The maximum atomic E-state index is 12.6. The van der Waals surface area contributed by atoms with Gasteiger partial charge in [-0.1, -0.05) is 11.8 Å². The Bertz CT molecular complexity index is 754. The Hall–Kier alpha value is -1.50. The van der Waals surface area contributed by atoms with E-state index in [1.165, 1.54) is 24.6 Å². The molecule has 0 aliphatic carbocycles. The van der Waals surface area contributed by atoms with Gasteiger partial charge in [0.05, 0.1) is 6.20 Å². The van der Waals surface area contributed by atoms with Crippen LogP contribution in [0.3, 0.4) is 0 Å².